The molecule has 0 fully saturated rings. The third-order valence-corrected chi connectivity index (χ3v) is 8.98. The molecule has 5 rings (SSSR count). The van der Waals surface area contributed by atoms with Gasteiger partial charge in [0.25, 0.3) is 5.91 Å². The lowest BCUT2D eigenvalue weighted by molar-refractivity contribution is -0.117. The van der Waals surface area contributed by atoms with Gasteiger partial charge in [-0.25, -0.2) is 9.97 Å². The highest BCUT2D eigenvalue weighted by Crippen LogP contribution is 2.46. The Bertz CT molecular complexity index is 1690. The third-order valence-electron chi connectivity index (χ3n) is 6.89. The highest BCUT2D eigenvalue weighted by molar-refractivity contribution is 7.22. The minimum atomic E-state index is -0.960. The van der Waals surface area contributed by atoms with Crippen molar-refractivity contribution in [1.29, 1.82) is 0 Å². The quantitative estimate of drug-likeness (QED) is 0.182. The molecule has 3 heterocycles. The van der Waals surface area contributed by atoms with Gasteiger partial charge in [0.05, 0.1) is 57.7 Å². The standard InChI is InChI=1S/C31H33N3O6S2/c1-7-39-23-14-19(8-11-22(23)40-13-12-16(2)3)26-25(27(35)29-17(4)32-18(5)41-29)28(36)30(37)34(26)31-33-21-10-9-20(38-6)15-24(21)42-31/h8-11,14-16,26,36H,7,12-13H2,1-6H3. The Balaban J connectivity index is 1.64. The summed E-state index contributed by atoms with van der Waals surface area (Å²) in [5, 5.41) is 12.3. The maximum atomic E-state index is 14.0. The van der Waals surface area contributed by atoms with Gasteiger partial charge >= 0.3 is 0 Å². The van der Waals surface area contributed by atoms with Crippen molar-refractivity contribution >= 4 is 49.7 Å². The molecule has 1 atom stereocenters. The number of aliphatic hydroxyl groups is 1. The van der Waals surface area contributed by atoms with Gasteiger partial charge in [0, 0.05) is 0 Å². The van der Waals surface area contributed by atoms with Crippen LogP contribution in [0.25, 0.3) is 10.2 Å². The zero-order valence-corrected chi connectivity index (χ0v) is 26.0. The Labute approximate surface area is 252 Å². The Morgan fingerprint density at radius 1 is 1.07 bits per heavy atom. The lowest BCUT2D eigenvalue weighted by Gasteiger charge is -2.25. The molecule has 11 heteroatoms. The van der Waals surface area contributed by atoms with Gasteiger partial charge in [-0.1, -0.05) is 31.3 Å². The number of carbonyl (C=O) groups excluding carboxylic acids is 2. The molecule has 1 aliphatic rings. The molecular weight excluding hydrogens is 574 g/mol. The normalized spacial score (nSPS) is 15.3. The first-order chi connectivity index (χ1) is 20.1. The maximum Gasteiger partial charge on any atom is 0.296 e. The van der Waals surface area contributed by atoms with Gasteiger partial charge in [-0.05, 0) is 69.0 Å². The number of methoxy groups -OCH3 is 1. The van der Waals surface area contributed by atoms with E-state index in [9.17, 15) is 14.7 Å². The van der Waals surface area contributed by atoms with E-state index < -0.39 is 23.5 Å². The van der Waals surface area contributed by atoms with Gasteiger partial charge in [0.15, 0.2) is 22.4 Å². The van der Waals surface area contributed by atoms with Crippen LogP contribution in [-0.4, -0.2) is 47.1 Å². The van der Waals surface area contributed by atoms with Crippen molar-refractivity contribution in [3.05, 3.63) is 68.9 Å². The second-order valence-electron chi connectivity index (χ2n) is 10.3. The smallest absolute Gasteiger partial charge is 0.296 e. The second-order valence-corrected chi connectivity index (χ2v) is 12.5. The number of carbonyl (C=O) groups is 2. The van der Waals surface area contributed by atoms with Crippen molar-refractivity contribution in [1.82, 2.24) is 9.97 Å². The van der Waals surface area contributed by atoms with Gasteiger partial charge in [0.2, 0.25) is 5.78 Å². The fourth-order valence-corrected chi connectivity index (χ4v) is 6.72. The molecule has 42 heavy (non-hydrogen) atoms. The number of aromatic nitrogens is 2. The summed E-state index contributed by atoms with van der Waals surface area (Å²) < 4.78 is 18.1. The summed E-state index contributed by atoms with van der Waals surface area (Å²) in [6, 6.07) is 9.83. The van der Waals surface area contributed by atoms with Gasteiger partial charge in [-0.15, -0.1) is 11.3 Å². The van der Waals surface area contributed by atoms with E-state index in [1.807, 2.05) is 26.0 Å². The predicted molar refractivity (Wildman–Crippen MR) is 165 cm³/mol. The van der Waals surface area contributed by atoms with Crippen molar-refractivity contribution < 1.29 is 28.9 Å². The van der Waals surface area contributed by atoms with E-state index >= 15 is 0 Å². The van der Waals surface area contributed by atoms with Crippen molar-refractivity contribution in [2.45, 2.75) is 47.1 Å². The Hall–Kier alpha value is -3.96. The predicted octanol–water partition coefficient (Wildman–Crippen LogP) is 6.98. The van der Waals surface area contributed by atoms with E-state index in [-0.39, 0.29) is 5.57 Å². The molecule has 0 spiro atoms. The molecule has 2 aromatic carbocycles. The average Bonchev–Trinajstić information content (AvgIpc) is 3.61. The Morgan fingerprint density at radius 3 is 2.52 bits per heavy atom. The number of nitrogens with zero attached hydrogens (tertiary/aromatic N) is 3. The summed E-state index contributed by atoms with van der Waals surface area (Å²) in [5.41, 5.74) is 1.76. The molecule has 1 amide bonds. The van der Waals surface area contributed by atoms with E-state index in [1.54, 1.807) is 38.3 Å². The van der Waals surface area contributed by atoms with E-state index in [4.69, 9.17) is 19.2 Å². The maximum absolute atomic E-state index is 14.0. The fraction of sp³-hybridized carbons (Fsp3) is 0.355. The molecule has 9 nitrogen and oxygen atoms in total. The van der Waals surface area contributed by atoms with Crippen LogP contribution >= 0.6 is 22.7 Å². The first kappa shape index (κ1) is 29.5. The van der Waals surface area contributed by atoms with E-state index in [2.05, 4.69) is 18.8 Å². The number of hydrogen-bond donors (Lipinski definition) is 1. The topological polar surface area (TPSA) is 111 Å². The van der Waals surface area contributed by atoms with Crippen molar-refractivity contribution in [2.24, 2.45) is 5.92 Å². The number of rotatable bonds is 11. The molecule has 1 aliphatic heterocycles. The summed E-state index contributed by atoms with van der Waals surface area (Å²) in [6.45, 7) is 10.6. The van der Waals surface area contributed by atoms with Crippen LogP contribution in [0.15, 0.2) is 47.7 Å². The van der Waals surface area contributed by atoms with Crippen LogP contribution in [0.5, 0.6) is 17.2 Å². The third kappa shape index (κ3) is 5.58. The number of amides is 1. The summed E-state index contributed by atoms with van der Waals surface area (Å²) >= 11 is 2.51. The van der Waals surface area contributed by atoms with E-state index in [0.717, 1.165) is 16.1 Å². The molecule has 1 unspecified atom stereocenters. The summed E-state index contributed by atoms with van der Waals surface area (Å²) in [7, 11) is 1.58. The minimum Gasteiger partial charge on any atom is -0.503 e. The molecule has 0 aliphatic carbocycles. The Morgan fingerprint density at radius 2 is 1.86 bits per heavy atom. The van der Waals surface area contributed by atoms with Crippen LogP contribution in [0.1, 0.15) is 59.2 Å². The number of hydrogen-bond acceptors (Lipinski definition) is 10. The zero-order chi connectivity index (χ0) is 30.1. The van der Waals surface area contributed by atoms with Crippen molar-refractivity contribution in [3.8, 4) is 17.2 Å². The number of Topliss-reactive ketones (excluding diaryl/α,β-unsaturated/α-hetero) is 1. The molecule has 220 valence electrons. The van der Waals surface area contributed by atoms with Gasteiger partial charge in [0.1, 0.15) is 5.75 Å². The van der Waals surface area contributed by atoms with E-state index in [1.165, 1.54) is 27.6 Å². The van der Waals surface area contributed by atoms with Crippen LogP contribution < -0.4 is 19.1 Å². The molecule has 1 N–H and O–H groups in total. The van der Waals surface area contributed by atoms with Crippen molar-refractivity contribution in [2.75, 3.05) is 25.2 Å². The number of ether oxygens (including phenoxy) is 3. The van der Waals surface area contributed by atoms with Gasteiger partial charge in [-0.3, -0.25) is 14.5 Å². The molecule has 0 saturated heterocycles. The first-order valence-corrected chi connectivity index (χ1v) is 15.4. The van der Waals surface area contributed by atoms with E-state index in [0.29, 0.717) is 63.2 Å². The highest BCUT2D eigenvalue weighted by atomic mass is 32.1. The Kier molecular flexibility index (Phi) is 8.51. The van der Waals surface area contributed by atoms with Crippen LogP contribution in [0, 0.1) is 19.8 Å². The van der Waals surface area contributed by atoms with Crippen LogP contribution in [0.3, 0.4) is 0 Å². The summed E-state index contributed by atoms with van der Waals surface area (Å²) in [6.07, 6.45) is 0.878. The monoisotopic (exact) mass is 607 g/mol. The lowest BCUT2D eigenvalue weighted by atomic mass is 9.95. The van der Waals surface area contributed by atoms with Crippen molar-refractivity contribution in [3.63, 3.8) is 0 Å². The summed E-state index contributed by atoms with van der Waals surface area (Å²) in [5.74, 6) is 0.430. The zero-order valence-electron chi connectivity index (χ0n) is 24.4. The molecule has 2 aromatic heterocycles. The number of aliphatic hydroxyl groups excluding tert-OH is 1. The SMILES string of the molecule is CCOc1cc(C2C(C(=O)c3sc(C)nc3C)=C(O)C(=O)N2c2nc3ccc(OC)cc3s2)ccc1OCCC(C)C. The number of thiazole rings is 2. The lowest BCUT2D eigenvalue weighted by Crippen LogP contribution is -2.31. The molecule has 0 saturated carbocycles. The van der Waals surface area contributed by atoms with Gasteiger partial charge in [-0.2, -0.15) is 0 Å². The number of ketones is 1. The molecular formula is C31H33N3O6S2. The minimum absolute atomic E-state index is 0.0282. The number of benzene rings is 2. The average molecular weight is 608 g/mol. The summed E-state index contributed by atoms with van der Waals surface area (Å²) in [4.78, 5) is 38.6. The van der Waals surface area contributed by atoms with Crippen LogP contribution in [0.2, 0.25) is 0 Å². The van der Waals surface area contributed by atoms with Crippen LogP contribution in [0.4, 0.5) is 5.13 Å². The highest BCUT2D eigenvalue weighted by Gasteiger charge is 2.46. The molecule has 0 radical (unpaired) electrons. The number of fused-ring (bicyclic) bond motifs is 1. The molecule has 4 aromatic rings. The fourth-order valence-electron chi connectivity index (χ4n) is 4.82. The van der Waals surface area contributed by atoms with Gasteiger partial charge < -0.3 is 19.3 Å². The van der Waals surface area contributed by atoms with Crippen LogP contribution in [-0.2, 0) is 4.79 Å². The largest absolute Gasteiger partial charge is 0.503 e. The number of aryl methyl sites for hydroxylation is 2. The number of anilines is 1. The second kappa shape index (κ2) is 12.1. The molecule has 0 bridgehead atoms. The first-order valence-electron chi connectivity index (χ1n) is 13.7.